The fourth-order valence-corrected chi connectivity index (χ4v) is 2.51. The molecule has 2 rings (SSSR count). The van der Waals surface area contributed by atoms with E-state index in [0.717, 1.165) is 24.3 Å². The molecule has 0 amide bonds. The van der Waals surface area contributed by atoms with E-state index < -0.39 is 0 Å². The second-order valence-electron chi connectivity index (χ2n) is 4.70. The minimum absolute atomic E-state index is 0.0750. The first-order chi connectivity index (χ1) is 9.22. The van der Waals surface area contributed by atoms with E-state index in [0.29, 0.717) is 11.9 Å². The number of fused-ring (bicyclic) bond motifs is 1. The third-order valence-electron chi connectivity index (χ3n) is 3.50. The predicted octanol–water partition coefficient (Wildman–Crippen LogP) is 1.45. The molecule has 0 aliphatic heterocycles. The fourth-order valence-electron chi connectivity index (χ4n) is 2.51. The van der Waals surface area contributed by atoms with E-state index >= 15 is 0 Å². The minimum atomic E-state index is 0.0750. The maximum Gasteiger partial charge on any atom is 0.261 e. The first-order valence-electron chi connectivity index (χ1n) is 7.05. The highest BCUT2D eigenvalue weighted by Gasteiger charge is 2.19. The normalized spacial score (nSPS) is 12.8. The van der Waals surface area contributed by atoms with Crippen LogP contribution in [0.25, 0.3) is 10.9 Å². The van der Waals surface area contributed by atoms with Gasteiger partial charge in [0, 0.05) is 13.0 Å². The van der Waals surface area contributed by atoms with Crippen molar-refractivity contribution in [2.75, 3.05) is 6.54 Å². The molecule has 0 saturated carbocycles. The summed E-state index contributed by atoms with van der Waals surface area (Å²) >= 11 is 0. The monoisotopic (exact) mass is 260 g/mol. The zero-order valence-corrected chi connectivity index (χ0v) is 11.9. The van der Waals surface area contributed by atoms with E-state index in [-0.39, 0.29) is 11.6 Å². The van der Waals surface area contributed by atoms with Crippen molar-refractivity contribution in [1.29, 1.82) is 0 Å². The summed E-state index contributed by atoms with van der Waals surface area (Å²) in [7, 11) is 0. The number of rotatable bonds is 5. The Balaban J connectivity index is 2.68. The van der Waals surface area contributed by atoms with Crippen LogP contribution in [0.5, 0.6) is 0 Å². The predicted molar refractivity (Wildman–Crippen MR) is 77.2 cm³/mol. The molecule has 2 aromatic rings. The Bertz CT molecular complexity index is 618. The molecule has 0 aliphatic rings. The van der Waals surface area contributed by atoms with Crippen molar-refractivity contribution in [1.82, 2.24) is 9.55 Å². The molecule has 0 radical (unpaired) electrons. The molecule has 0 aliphatic carbocycles. The molecule has 2 N–H and O–H groups in total. The molecule has 1 atom stereocenters. The van der Waals surface area contributed by atoms with Crippen molar-refractivity contribution in [3.63, 3.8) is 0 Å². The van der Waals surface area contributed by atoms with Gasteiger partial charge in [-0.05, 0) is 26.0 Å². The largest absolute Gasteiger partial charge is 0.338 e. The molecular formula is C15H22N3O+. The SMILES string of the molecule is CC[NH2+][C@H](CC)c1nc2ccccc2c(=O)n1CC. The lowest BCUT2D eigenvalue weighted by Crippen LogP contribution is -2.85. The zero-order chi connectivity index (χ0) is 13.8. The maximum absolute atomic E-state index is 12.5. The van der Waals surface area contributed by atoms with Crippen molar-refractivity contribution >= 4 is 10.9 Å². The third kappa shape index (κ3) is 2.54. The molecule has 4 heteroatoms. The molecule has 0 bridgehead atoms. The minimum Gasteiger partial charge on any atom is -0.338 e. The Kier molecular flexibility index (Phi) is 4.32. The molecule has 1 aromatic carbocycles. The molecule has 1 heterocycles. The Morgan fingerprint density at radius 2 is 2.00 bits per heavy atom. The van der Waals surface area contributed by atoms with E-state index in [2.05, 4.69) is 19.2 Å². The number of benzene rings is 1. The van der Waals surface area contributed by atoms with Gasteiger partial charge in [0.05, 0.1) is 17.4 Å². The summed E-state index contributed by atoms with van der Waals surface area (Å²) in [6.07, 6.45) is 0.971. The molecule has 0 spiro atoms. The molecule has 19 heavy (non-hydrogen) atoms. The van der Waals surface area contributed by atoms with Crippen molar-refractivity contribution < 1.29 is 5.32 Å². The molecule has 1 aromatic heterocycles. The second-order valence-corrected chi connectivity index (χ2v) is 4.70. The lowest BCUT2D eigenvalue weighted by Gasteiger charge is -2.17. The van der Waals surface area contributed by atoms with Gasteiger partial charge in [0.25, 0.3) is 5.56 Å². The number of nitrogens with two attached hydrogens (primary N) is 1. The number of hydrogen-bond acceptors (Lipinski definition) is 2. The average Bonchev–Trinajstić information content (AvgIpc) is 2.45. The van der Waals surface area contributed by atoms with E-state index in [9.17, 15) is 4.79 Å². The summed E-state index contributed by atoms with van der Waals surface area (Å²) < 4.78 is 1.81. The first kappa shape index (κ1) is 13.7. The number of aromatic nitrogens is 2. The van der Waals surface area contributed by atoms with Gasteiger partial charge in [-0.15, -0.1) is 0 Å². The fraction of sp³-hybridized carbons (Fsp3) is 0.467. The summed E-state index contributed by atoms with van der Waals surface area (Å²) in [5.41, 5.74) is 0.876. The van der Waals surface area contributed by atoms with Gasteiger partial charge in [0.2, 0.25) is 0 Å². The highest BCUT2D eigenvalue weighted by molar-refractivity contribution is 5.77. The summed E-state index contributed by atoms with van der Waals surface area (Å²) in [6.45, 7) is 7.92. The van der Waals surface area contributed by atoms with Crippen LogP contribution in [-0.4, -0.2) is 16.1 Å². The Hall–Kier alpha value is -1.68. The topological polar surface area (TPSA) is 51.5 Å². The second kappa shape index (κ2) is 5.97. The highest BCUT2D eigenvalue weighted by Crippen LogP contribution is 2.13. The molecule has 4 nitrogen and oxygen atoms in total. The van der Waals surface area contributed by atoms with Crippen molar-refractivity contribution in [3.8, 4) is 0 Å². The van der Waals surface area contributed by atoms with Gasteiger partial charge in [-0.25, -0.2) is 4.98 Å². The van der Waals surface area contributed by atoms with Crippen molar-refractivity contribution in [2.45, 2.75) is 39.8 Å². The van der Waals surface area contributed by atoms with Crippen LogP contribution in [0.1, 0.15) is 39.1 Å². The summed E-state index contributed by atoms with van der Waals surface area (Å²) in [4.78, 5) is 17.2. The first-order valence-corrected chi connectivity index (χ1v) is 7.05. The lowest BCUT2D eigenvalue weighted by atomic mass is 10.1. The number of para-hydroxylation sites is 1. The standard InChI is InChI=1S/C15H21N3O/c1-4-12(16-5-2)14-17-13-10-8-7-9-11(13)15(19)18(14)6-3/h7-10,12,16H,4-6H2,1-3H3/p+1/t12-/m1/s1. The molecule has 0 fully saturated rings. The average molecular weight is 260 g/mol. The maximum atomic E-state index is 12.5. The van der Waals surface area contributed by atoms with E-state index in [1.807, 2.05) is 35.8 Å². The van der Waals surface area contributed by atoms with Crippen LogP contribution in [0.4, 0.5) is 0 Å². The van der Waals surface area contributed by atoms with Crippen LogP contribution >= 0.6 is 0 Å². The Morgan fingerprint density at radius 1 is 1.26 bits per heavy atom. The Labute approximate surface area is 113 Å². The van der Waals surface area contributed by atoms with Gasteiger partial charge in [-0.1, -0.05) is 19.1 Å². The van der Waals surface area contributed by atoms with Gasteiger partial charge in [0.15, 0.2) is 5.82 Å². The lowest BCUT2D eigenvalue weighted by molar-refractivity contribution is -0.695. The van der Waals surface area contributed by atoms with Crippen molar-refractivity contribution in [2.24, 2.45) is 0 Å². The van der Waals surface area contributed by atoms with Crippen LogP contribution in [0.15, 0.2) is 29.1 Å². The van der Waals surface area contributed by atoms with Gasteiger partial charge in [0.1, 0.15) is 6.04 Å². The summed E-state index contributed by atoms with van der Waals surface area (Å²) in [5.74, 6) is 0.899. The van der Waals surface area contributed by atoms with Gasteiger partial charge >= 0.3 is 0 Å². The van der Waals surface area contributed by atoms with Crippen LogP contribution in [0, 0.1) is 0 Å². The number of nitrogens with zero attached hydrogens (tertiary/aromatic N) is 2. The molecule has 0 unspecified atom stereocenters. The third-order valence-corrected chi connectivity index (χ3v) is 3.50. The zero-order valence-electron chi connectivity index (χ0n) is 11.9. The summed E-state index contributed by atoms with van der Waals surface area (Å²) in [6, 6.07) is 7.84. The van der Waals surface area contributed by atoms with Crippen LogP contribution in [-0.2, 0) is 6.54 Å². The quantitative estimate of drug-likeness (QED) is 0.884. The van der Waals surface area contributed by atoms with Gasteiger partial charge in [-0.3, -0.25) is 9.36 Å². The van der Waals surface area contributed by atoms with Gasteiger partial charge < -0.3 is 5.32 Å². The molecule has 0 saturated heterocycles. The van der Waals surface area contributed by atoms with E-state index in [1.54, 1.807) is 0 Å². The highest BCUT2D eigenvalue weighted by atomic mass is 16.1. The van der Waals surface area contributed by atoms with Crippen LogP contribution in [0.2, 0.25) is 0 Å². The van der Waals surface area contributed by atoms with Crippen LogP contribution in [0.3, 0.4) is 0 Å². The Morgan fingerprint density at radius 3 is 2.63 bits per heavy atom. The molecular weight excluding hydrogens is 238 g/mol. The van der Waals surface area contributed by atoms with E-state index in [1.165, 1.54) is 0 Å². The number of quaternary nitrogens is 1. The van der Waals surface area contributed by atoms with Crippen LogP contribution < -0.4 is 10.9 Å². The number of hydrogen-bond donors (Lipinski definition) is 1. The summed E-state index contributed by atoms with van der Waals surface area (Å²) in [5, 5.41) is 2.95. The molecule has 102 valence electrons. The van der Waals surface area contributed by atoms with Crippen molar-refractivity contribution in [3.05, 3.63) is 40.4 Å². The van der Waals surface area contributed by atoms with Gasteiger partial charge in [-0.2, -0.15) is 0 Å². The van der Waals surface area contributed by atoms with E-state index in [4.69, 9.17) is 4.98 Å². The smallest absolute Gasteiger partial charge is 0.261 e.